The van der Waals surface area contributed by atoms with Crippen molar-refractivity contribution in [3.8, 4) is 5.75 Å². The van der Waals surface area contributed by atoms with Gasteiger partial charge in [0.15, 0.2) is 6.61 Å². The van der Waals surface area contributed by atoms with Gasteiger partial charge in [0.25, 0.3) is 5.91 Å². The molecule has 5 heteroatoms. The smallest absolute Gasteiger partial charge is 0.261 e. The minimum atomic E-state index is -0.654. The van der Waals surface area contributed by atoms with Crippen molar-refractivity contribution in [1.29, 1.82) is 0 Å². The van der Waals surface area contributed by atoms with Crippen molar-refractivity contribution in [3.05, 3.63) is 102 Å². The van der Waals surface area contributed by atoms with Crippen LogP contribution in [-0.4, -0.2) is 35.9 Å². The summed E-state index contributed by atoms with van der Waals surface area (Å²) in [7, 11) is 0. The standard InChI is InChI=1S/C28H32N2O3/c1-22(2)19-29-28(32)26(18-23-12-6-3-7-13-23)30(20-24-14-8-4-9-15-24)27(31)21-33-25-16-10-5-11-17-25/h3-17,22,26H,18-21H2,1-2H3,(H,29,32). The zero-order valence-corrected chi connectivity index (χ0v) is 19.3. The summed E-state index contributed by atoms with van der Waals surface area (Å²) < 4.78 is 5.74. The monoisotopic (exact) mass is 444 g/mol. The first-order chi connectivity index (χ1) is 16.0. The zero-order valence-electron chi connectivity index (χ0n) is 19.3. The van der Waals surface area contributed by atoms with E-state index >= 15 is 0 Å². The topological polar surface area (TPSA) is 58.6 Å². The summed E-state index contributed by atoms with van der Waals surface area (Å²) in [6, 6.07) is 28.1. The van der Waals surface area contributed by atoms with E-state index < -0.39 is 6.04 Å². The van der Waals surface area contributed by atoms with Gasteiger partial charge >= 0.3 is 0 Å². The Morgan fingerprint density at radius 2 is 1.36 bits per heavy atom. The molecule has 0 aliphatic heterocycles. The van der Waals surface area contributed by atoms with Gasteiger partial charge in [-0.1, -0.05) is 92.7 Å². The van der Waals surface area contributed by atoms with Crippen molar-refractivity contribution in [3.63, 3.8) is 0 Å². The highest BCUT2D eigenvalue weighted by Crippen LogP contribution is 2.16. The molecule has 2 amide bonds. The number of carbonyl (C=O) groups is 2. The second-order valence-corrected chi connectivity index (χ2v) is 8.45. The molecule has 0 spiro atoms. The maximum atomic E-state index is 13.4. The number of benzene rings is 3. The summed E-state index contributed by atoms with van der Waals surface area (Å²) in [6.45, 7) is 4.84. The van der Waals surface area contributed by atoms with Crippen LogP contribution in [0.5, 0.6) is 5.75 Å². The molecule has 0 heterocycles. The van der Waals surface area contributed by atoms with E-state index in [4.69, 9.17) is 4.74 Å². The van der Waals surface area contributed by atoms with Crippen LogP contribution in [0.15, 0.2) is 91.0 Å². The molecular weight excluding hydrogens is 412 g/mol. The summed E-state index contributed by atoms with van der Waals surface area (Å²) in [5.74, 6) is 0.542. The molecule has 0 fully saturated rings. The maximum absolute atomic E-state index is 13.4. The molecule has 33 heavy (non-hydrogen) atoms. The molecule has 0 radical (unpaired) electrons. The fraction of sp³-hybridized carbons (Fsp3) is 0.286. The van der Waals surface area contributed by atoms with Crippen molar-refractivity contribution in [2.24, 2.45) is 5.92 Å². The Balaban J connectivity index is 1.86. The third-order valence-electron chi connectivity index (χ3n) is 5.26. The largest absolute Gasteiger partial charge is 0.484 e. The molecule has 0 aromatic heterocycles. The van der Waals surface area contributed by atoms with Crippen LogP contribution >= 0.6 is 0 Å². The summed E-state index contributed by atoms with van der Waals surface area (Å²) in [6.07, 6.45) is 0.425. The summed E-state index contributed by atoms with van der Waals surface area (Å²) in [5, 5.41) is 3.02. The first kappa shape index (κ1) is 24.1. The van der Waals surface area contributed by atoms with E-state index in [1.807, 2.05) is 105 Å². The van der Waals surface area contributed by atoms with Gasteiger partial charge in [-0.15, -0.1) is 0 Å². The molecule has 3 aromatic rings. The van der Waals surface area contributed by atoms with Gasteiger partial charge < -0.3 is 15.0 Å². The van der Waals surface area contributed by atoms with Gasteiger partial charge in [0.1, 0.15) is 11.8 Å². The second kappa shape index (κ2) is 12.4. The van der Waals surface area contributed by atoms with E-state index in [1.54, 1.807) is 4.90 Å². The van der Waals surface area contributed by atoms with Crippen LogP contribution < -0.4 is 10.1 Å². The minimum absolute atomic E-state index is 0.139. The number of amides is 2. The van der Waals surface area contributed by atoms with E-state index in [9.17, 15) is 9.59 Å². The molecule has 0 saturated heterocycles. The normalized spacial score (nSPS) is 11.6. The van der Waals surface area contributed by atoms with Crippen LogP contribution in [-0.2, 0) is 22.6 Å². The zero-order chi connectivity index (χ0) is 23.5. The van der Waals surface area contributed by atoms with E-state index in [1.165, 1.54) is 0 Å². The number of hydrogen-bond acceptors (Lipinski definition) is 3. The van der Waals surface area contributed by atoms with Gasteiger partial charge in [0.2, 0.25) is 5.91 Å². The lowest BCUT2D eigenvalue weighted by Crippen LogP contribution is -2.52. The molecule has 3 aromatic carbocycles. The van der Waals surface area contributed by atoms with E-state index in [-0.39, 0.29) is 18.4 Å². The lowest BCUT2D eigenvalue weighted by molar-refractivity contribution is -0.142. The van der Waals surface area contributed by atoms with Crippen LogP contribution in [0.1, 0.15) is 25.0 Å². The first-order valence-corrected chi connectivity index (χ1v) is 11.4. The number of ether oxygens (including phenoxy) is 1. The Morgan fingerprint density at radius 1 is 0.818 bits per heavy atom. The predicted molar refractivity (Wildman–Crippen MR) is 131 cm³/mol. The maximum Gasteiger partial charge on any atom is 0.261 e. The van der Waals surface area contributed by atoms with Crippen LogP contribution in [0.25, 0.3) is 0 Å². The van der Waals surface area contributed by atoms with E-state index in [0.29, 0.717) is 31.2 Å². The first-order valence-electron chi connectivity index (χ1n) is 11.4. The van der Waals surface area contributed by atoms with Crippen LogP contribution in [0.4, 0.5) is 0 Å². The number of nitrogens with one attached hydrogen (secondary N) is 1. The third kappa shape index (κ3) is 7.79. The predicted octanol–water partition coefficient (Wildman–Crippen LogP) is 4.48. The average Bonchev–Trinajstić information content (AvgIpc) is 2.85. The molecule has 0 saturated carbocycles. The molecule has 0 aliphatic carbocycles. The van der Waals surface area contributed by atoms with Crippen LogP contribution in [0.2, 0.25) is 0 Å². The highest BCUT2D eigenvalue weighted by molar-refractivity contribution is 5.88. The van der Waals surface area contributed by atoms with Crippen LogP contribution in [0.3, 0.4) is 0 Å². The summed E-state index contributed by atoms with van der Waals surface area (Å²) >= 11 is 0. The molecule has 1 N–H and O–H groups in total. The summed E-state index contributed by atoms with van der Waals surface area (Å²) in [4.78, 5) is 28.4. The van der Waals surface area contributed by atoms with E-state index in [0.717, 1.165) is 11.1 Å². The molecule has 1 atom stereocenters. The fourth-order valence-electron chi connectivity index (χ4n) is 3.50. The Bertz CT molecular complexity index is 991. The molecule has 172 valence electrons. The quantitative estimate of drug-likeness (QED) is 0.474. The molecule has 5 nitrogen and oxygen atoms in total. The third-order valence-corrected chi connectivity index (χ3v) is 5.26. The lowest BCUT2D eigenvalue weighted by atomic mass is 10.0. The Morgan fingerprint density at radius 3 is 1.94 bits per heavy atom. The number of para-hydroxylation sites is 1. The van der Waals surface area contributed by atoms with Gasteiger partial charge in [-0.25, -0.2) is 0 Å². The molecular formula is C28H32N2O3. The molecule has 0 aliphatic rings. The number of rotatable bonds is 11. The lowest BCUT2D eigenvalue weighted by Gasteiger charge is -2.31. The van der Waals surface area contributed by atoms with Crippen molar-refractivity contribution >= 4 is 11.8 Å². The minimum Gasteiger partial charge on any atom is -0.484 e. The van der Waals surface area contributed by atoms with Gasteiger partial charge in [-0.3, -0.25) is 9.59 Å². The number of carbonyl (C=O) groups excluding carboxylic acids is 2. The van der Waals surface area contributed by atoms with Gasteiger partial charge in [-0.2, -0.15) is 0 Å². The van der Waals surface area contributed by atoms with Gasteiger partial charge in [0, 0.05) is 19.5 Å². The van der Waals surface area contributed by atoms with Crippen molar-refractivity contribution < 1.29 is 14.3 Å². The molecule has 3 rings (SSSR count). The highest BCUT2D eigenvalue weighted by Gasteiger charge is 2.30. The Hall–Kier alpha value is -3.60. The van der Waals surface area contributed by atoms with Crippen molar-refractivity contribution in [1.82, 2.24) is 10.2 Å². The highest BCUT2D eigenvalue weighted by atomic mass is 16.5. The number of nitrogens with zero attached hydrogens (tertiary/aromatic N) is 1. The second-order valence-electron chi connectivity index (χ2n) is 8.45. The SMILES string of the molecule is CC(C)CNC(=O)C(Cc1ccccc1)N(Cc1ccccc1)C(=O)COc1ccccc1. The summed E-state index contributed by atoms with van der Waals surface area (Å²) in [5.41, 5.74) is 1.96. The average molecular weight is 445 g/mol. The molecule has 0 bridgehead atoms. The fourth-order valence-corrected chi connectivity index (χ4v) is 3.50. The Labute approximate surface area is 196 Å². The van der Waals surface area contributed by atoms with Crippen LogP contribution in [0, 0.1) is 5.92 Å². The number of hydrogen-bond donors (Lipinski definition) is 1. The molecule has 1 unspecified atom stereocenters. The Kier molecular flexibility index (Phi) is 9.07. The van der Waals surface area contributed by atoms with Gasteiger partial charge in [-0.05, 0) is 29.2 Å². The van der Waals surface area contributed by atoms with Crippen molar-refractivity contribution in [2.45, 2.75) is 32.9 Å². The van der Waals surface area contributed by atoms with E-state index in [2.05, 4.69) is 5.32 Å². The van der Waals surface area contributed by atoms with Gasteiger partial charge in [0.05, 0.1) is 0 Å². The van der Waals surface area contributed by atoms with Crippen molar-refractivity contribution in [2.75, 3.05) is 13.2 Å².